The zero-order chi connectivity index (χ0) is 18.7. The third-order valence-electron chi connectivity index (χ3n) is 3.94. The normalized spacial score (nSPS) is 16.1. The van der Waals surface area contributed by atoms with E-state index < -0.39 is 11.9 Å². The first-order valence-electron chi connectivity index (χ1n) is 7.91. The number of amides is 2. The molecule has 0 bridgehead atoms. The minimum atomic E-state index is -0.810. The van der Waals surface area contributed by atoms with Crippen LogP contribution in [0.1, 0.15) is 5.56 Å². The molecule has 1 unspecified atom stereocenters. The van der Waals surface area contributed by atoms with Crippen LogP contribution in [0, 0.1) is 5.82 Å². The lowest BCUT2D eigenvalue weighted by atomic mass is 10.1. The van der Waals surface area contributed by atoms with Crippen molar-refractivity contribution in [3.05, 3.63) is 64.4 Å². The molecule has 0 saturated carbocycles. The van der Waals surface area contributed by atoms with Crippen molar-refractivity contribution in [3.8, 4) is 5.75 Å². The number of anilines is 1. The number of carbonyl (C=O) groups is 2. The molecular formula is C19H16BrFN2O3. The van der Waals surface area contributed by atoms with Crippen LogP contribution >= 0.6 is 15.9 Å². The van der Waals surface area contributed by atoms with E-state index in [2.05, 4.69) is 21.2 Å². The number of nitrogens with one attached hydrogen (secondary N) is 1. The molecule has 1 aliphatic heterocycles. The Balaban J connectivity index is 1.88. The topological polar surface area (TPSA) is 58.6 Å². The van der Waals surface area contributed by atoms with Crippen LogP contribution in [-0.2, 0) is 9.59 Å². The molecule has 2 amide bonds. The maximum atomic E-state index is 13.8. The SMILES string of the molecule is CNC(=O)C1CN(C(=O)/C=C/c2cc(Br)ccc2F)c2ccccc2O1. The van der Waals surface area contributed by atoms with Crippen LogP contribution in [0.3, 0.4) is 0 Å². The van der Waals surface area contributed by atoms with E-state index in [0.717, 1.165) is 0 Å². The van der Waals surface area contributed by atoms with Crippen LogP contribution in [0.5, 0.6) is 5.75 Å². The molecule has 0 aromatic heterocycles. The van der Waals surface area contributed by atoms with E-state index >= 15 is 0 Å². The van der Waals surface area contributed by atoms with Crippen molar-refractivity contribution in [1.29, 1.82) is 0 Å². The number of ether oxygens (including phenoxy) is 1. The Morgan fingerprint density at radius 2 is 2.08 bits per heavy atom. The molecule has 0 radical (unpaired) electrons. The molecule has 134 valence electrons. The molecule has 1 atom stereocenters. The molecule has 2 aromatic rings. The maximum Gasteiger partial charge on any atom is 0.262 e. The van der Waals surface area contributed by atoms with Gasteiger partial charge in [0, 0.05) is 23.2 Å². The van der Waals surface area contributed by atoms with E-state index in [1.807, 2.05) is 0 Å². The molecular weight excluding hydrogens is 403 g/mol. The van der Waals surface area contributed by atoms with Crippen molar-refractivity contribution in [2.45, 2.75) is 6.10 Å². The Hall–Kier alpha value is -2.67. The van der Waals surface area contributed by atoms with Crippen LogP contribution in [0.15, 0.2) is 53.0 Å². The average molecular weight is 419 g/mol. The lowest BCUT2D eigenvalue weighted by Gasteiger charge is -2.33. The lowest BCUT2D eigenvalue weighted by Crippen LogP contribution is -2.49. The van der Waals surface area contributed by atoms with Crippen LogP contribution in [0.4, 0.5) is 10.1 Å². The average Bonchev–Trinajstić information content (AvgIpc) is 2.66. The molecule has 0 spiro atoms. The maximum absolute atomic E-state index is 13.8. The highest BCUT2D eigenvalue weighted by molar-refractivity contribution is 9.10. The fourth-order valence-corrected chi connectivity index (χ4v) is 3.01. The van der Waals surface area contributed by atoms with Gasteiger partial charge >= 0.3 is 0 Å². The van der Waals surface area contributed by atoms with Crippen LogP contribution in [0.25, 0.3) is 6.08 Å². The van der Waals surface area contributed by atoms with Gasteiger partial charge in [0.1, 0.15) is 11.6 Å². The van der Waals surface area contributed by atoms with Crippen molar-refractivity contribution >= 4 is 39.5 Å². The number of carbonyl (C=O) groups excluding carboxylic acids is 2. The van der Waals surface area contributed by atoms with Crippen molar-refractivity contribution in [3.63, 3.8) is 0 Å². The summed E-state index contributed by atoms with van der Waals surface area (Å²) >= 11 is 3.28. The Bertz CT molecular complexity index is 885. The van der Waals surface area contributed by atoms with Crippen LogP contribution in [0.2, 0.25) is 0 Å². The largest absolute Gasteiger partial charge is 0.477 e. The van der Waals surface area contributed by atoms with E-state index in [0.29, 0.717) is 15.9 Å². The molecule has 5 nitrogen and oxygen atoms in total. The molecule has 26 heavy (non-hydrogen) atoms. The number of benzene rings is 2. The number of hydrogen-bond acceptors (Lipinski definition) is 3. The van der Waals surface area contributed by atoms with Gasteiger partial charge in [-0.05, 0) is 36.4 Å². The molecule has 3 rings (SSSR count). The molecule has 0 aliphatic carbocycles. The molecule has 2 aromatic carbocycles. The number of fused-ring (bicyclic) bond motifs is 1. The summed E-state index contributed by atoms with van der Waals surface area (Å²) in [5.74, 6) is -0.668. The first-order chi connectivity index (χ1) is 12.5. The molecule has 0 saturated heterocycles. The van der Waals surface area contributed by atoms with Gasteiger partial charge in [-0.25, -0.2) is 4.39 Å². The molecule has 1 heterocycles. The fourth-order valence-electron chi connectivity index (χ4n) is 2.63. The smallest absolute Gasteiger partial charge is 0.262 e. The Morgan fingerprint density at radius 1 is 1.31 bits per heavy atom. The van der Waals surface area contributed by atoms with Gasteiger partial charge in [0.15, 0.2) is 6.10 Å². The minimum absolute atomic E-state index is 0.0703. The van der Waals surface area contributed by atoms with Gasteiger partial charge in [-0.1, -0.05) is 28.1 Å². The number of halogens is 2. The van der Waals surface area contributed by atoms with Gasteiger partial charge in [0.25, 0.3) is 11.8 Å². The van der Waals surface area contributed by atoms with Gasteiger partial charge in [-0.3, -0.25) is 9.59 Å². The number of likely N-dealkylation sites (N-methyl/N-ethyl adjacent to an activating group) is 1. The van der Waals surface area contributed by atoms with Crippen molar-refractivity contribution in [1.82, 2.24) is 5.32 Å². The summed E-state index contributed by atoms with van der Waals surface area (Å²) in [5.41, 5.74) is 0.856. The van der Waals surface area contributed by atoms with Crippen molar-refractivity contribution < 1.29 is 18.7 Å². The first kappa shape index (κ1) is 18.1. The third-order valence-corrected chi connectivity index (χ3v) is 4.44. The van der Waals surface area contributed by atoms with Crippen LogP contribution < -0.4 is 15.0 Å². The number of rotatable bonds is 3. The predicted octanol–water partition coefficient (Wildman–Crippen LogP) is 3.14. The molecule has 1 aliphatic rings. The second kappa shape index (κ2) is 7.70. The van der Waals surface area contributed by atoms with Gasteiger partial charge in [-0.2, -0.15) is 0 Å². The highest BCUT2D eigenvalue weighted by Gasteiger charge is 2.32. The summed E-state index contributed by atoms with van der Waals surface area (Å²) in [6.45, 7) is 0.0703. The minimum Gasteiger partial charge on any atom is -0.477 e. The van der Waals surface area contributed by atoms with E-state index in [-0.39, 0.29) is 23.9 Å². The monoisotopic (exact) mass is 418 g/mol. The van der Waals surface area contributed by atoms with Gasteiger partial charge < -0.3 is 15.0 Å². The molecule has 7 heteroatoms. The Labute approximate surface area is 158 Å². The Morgan fingerprint density at radius 3 is 2.85 bits per heavy atom. The third kappa shape index (κ3) is 3.77. The standard InChI is InChI=1S/C19H16BrFN2O3/c1-22-19(25)17-11-23(15-4-2-3-5-16(15)26-17)18(24)9-6-12-10-13(20)7-8-14(12)21/h2-10,17H,11H2,1H3,(H,22,25)/b9-6+. The summed E-state index contributed by atoms with van der Waals surface area (Å²) < 4.78 is 20.2. The number of para-hydroxylation sites is 2. The van der Waals surface area contributed by atoms with E-state index in [1.54, 1.807) is 36.4 Å². The lowest BCUT2D eigenvalue weighted by molar-refractivity contribution is -0.127. The van der Waals surface area contributed by atoms with E-state index in [4.69, 9.17) is 4.74 Å². The van der Waals surface area contributed by atoms with E-state index in [9.17, 15) is 14.0 Å². The second-order valence-corrected chi connectivity index (χ2v) is 6.55. The zero-order valence-electron chi connectivity index (χ0n) is 13.9. The van der Waals surface area contributed by atoms with Gasteiger partial charge in [-0.15, -0.1) is 0 Å². The summed E-state index contributed by atoms with van der Waals surface area (Å²) in [6.07, 6.45) is 1.89. The predicted molar refractivity (Wildman–Crippen MR) is 100 cm³/mol. The van der Waals surface area contributed by atoms with Crippen molar-refractivity contribution in [2.24, 2.45) is 0 Å². The van der Waals surface area contributed by atoms with Crippen molar-refractivity contribution in [2.75, 3.05) is 18.5 Å². The molecule has 1 N–H and O–H groups in total. The highest BCUT2D eigenvalue weighted by Crippen LogP contribution is 2.33. The van der Waals surface area contributed by atoms with Gasteiger partial charge in [0.05, 0.1) is 12.2 Å². The summed E-state index contributed by atoms with van der Waals surface area (Å²) in [5, 5.41) is 2.52. The number of nitrogens with zero attached hydrogens (tertiary/aromatic N) is 1. The Kier molecular flexibility index (Phi) is 5.37. The summed E-state index contributed by atoms with van der Waals surface area (Å²) in [7, 11) is 1.51. The zero-order valence-corrected chi connectivity index (χ0v) is 15.5. The van der Waals surface area contributed by atoms with E-state index in [1.165, 1.54) is 30.2 Å². The number of hydrogen-bond donors (Lipinski definition) is 1. The van der Waals surface area contributed by atoms with Gasteiger partial charge in [0.2, 0.25) is 0 Å². The highest BCUT2D eigenvalue weighted by atomic mass is 79.9. The first-order valence-corrected chi connectivity index (χ1v) is 8.71. The fraction of sp³-hybridized carbons (Fsp3) is 0.158. The van der Waals surface area contributed by atoms with Crippen LogP contribution in [-0.4, -0.2) is 31.5 Å². The quantitative estimate of drug-likeness (QED) is 0.778. The molecule has 0 fully saturated rings. The summed E-state index contributed by atoms with van der Waals surface area (Å²) in [6, 6.07) is 11.5. The second-order valence-electron chi connectivity index (χ2n) is 5.64. The summed E-state index contributed by atoms with van der Waals surface area (Å²) in [4.78, 5) is 26.1.